The zero-order valence-electron chi connectivity index (χ0n) is 24.7. The SMILES string of the molecule is CC(C[C@@H](C=O)NC(=O)[C@H](CC1CCCCC1)[SiH2]NC(=O)OCc1cccc(Cl)c1)C(=O)N(C)CCc1ccccc1. The van der Waals surface area contributed by atoms with E-state index in [0.29, 0.717) is 30.2 Å². The van der Waals surface area contributed by atoms with E-state index in [1.54, 1.807) is 37.1 Å². The van der Waals surface area contributed by atoms with Gasteiger partial charge in [-0.2, -0.15) is 0 Å². The van der Waals surface area contributed by atoms with Crippen molar-refractivity contribution in [2.75, 3.05) is 13.6 Å². The van der Waals surface area contributed by atoms with Crippen molar-refractivity contribution in [3.63, 3.8) is 0 Å². The van der Waals surface area contributed by atoms with Crippen LogP contribution >= 0.6 is 11.6 Å². The van der Waals surface area contributed by atoms with Crippen molar-refractivity contribution in [3.8, 4) is 0 Å². The second-order valence-corrected chi connectivity index (χ2v) is 13.6. The highest BCUT2D eigenvalue weighted by molar-refractivity contribution is 6.44. The molecule has 1 saturated carbocycles. The number of carbonyl (C=O) groups excluding carboxylic acids is 4. The molecule has 0 saturated heterocycles. The predicted molar refractivity (Wildman–Crippen MR) is 168 cm³/mol. The molecule has 3 amide bonds. The maximum absolute atomic E-state index is 13.4. The molecule has 42 heavy (non-hydrogen) atoms. The zero-order valence-corrected chi connectivity index (χ0v) is 26.9. The summed E-state index contributed by atoms with van der Waals surface area (Å²) in [7, 11) is 0.348. The molecule has 3 atom stereocenters. The van der Waals surface area contributed by atoms with Gasteiger partial charge in [0.1, 0.15) is 22.6 Å². The Balaban J connectivity index is 1.52. The van der Waals surface area contributed by atoms with E-state index in [-0.39, 0.29) is 30.4 Å². The number of nitrogens with one attached hydrogen (secondary N) is 2. The molecule has 8 nitrogen and oxygen atoms in total. The number of carbonyl (C=O) groups is 4. The molecule has 3 rings (SSSR count). The molecule has 0 aliphatic heterocycles. The van der Waals surface area contributed by atoms with Gasteiger partial charge < -0.3 is 24.7 Å². The van der Waals surface area contributed by atoms with E-state index < -0.39 is 27.7 Å². The van der Waals surface area contributed by atoms with Crippen LogP contribution < -0.4 is 10.3 Å². The van der Waals surface area contributed by atoms with Crippen molar-refractivity contribution in [1.82, 2.24) is 15.2 Å². The lowest BCUT2D eigenvalue weighted by molar-refractivity contribution is -0.134. The van der Waals surface area contributed by atoms with Crippen LogP contribution in [0.25, 0.3) is 0 Å². The molecular weight excluding hydrogens is 570 g/mol. The Hall–Kier alpha value is -3.17. The zero-order chi connectivity index (χ0) is 30.3. The Morgan fingerprint density at radius 1 is 1.07 bits per heavy atom. The van der Waals surface area contributed by atoms with Crippen molar-refractivity contribution >= 4 is 45.5 Å². The summed E-state index contributed by atoms with van der Waals surface area (Å²) in [6, 6.07) is 16.3. The summed E-state index contributed by atoms with van der Waals surface area (Å²) < 4.78 is 5.35. The number of benzene rings is 2. The summed E-state index contributed by atoms with van der Waals surface area (Å²) in [6.45, 7) is 2.44. The number of halogens is 1. The van der Waals surface area contributed by atoms with Gasteiger partial charge >= 0.3 is 6.09 Å². The first-order valence-electron chi connectivity index (χ1n) is 14.9. The summed E-state index contributed by atoms with van der Waals surface area (Å²) in [4.78, 5) is 55.4. The van der Waals surface area contributed by atoms with E-state index in [9.17, 15) is 19.2 Å². The largest absolute Gasteiger partial charge is 0.445 e. The van der Waals surface area contributed by atoms with E-state index in [0.717, 1.165) is 43.2 Å². The second-order valence-electron chi connectivity index (χ2n) is 11.4. The third-order valence-electron chi connectivity index (χ3n) is 7.94. The minimum atomic E-state index is -1.42. The molecule has 0 aromatic heterocycles. The van der Waals surface area contributed by atoms with Gasteiger partial charge in [0.05, 0.1) is 6.04 Å². The molecule has 10 heteroatoms. The van der Waals surface area contributed by atoms with E-state index in [4.69, 9.17) is 16.3 Å². The summed E-state index contributed by atoms with van der Waals surface area (Å²) in [6.07, 6.45) is 7.40. The van der Waals surface area contributed by atoms with Gasteiger partial charge in [-0.15, -0.1) is 0 Å². The van der Waals surface area contributed by atoms with Crippen LogP contribution in [-0.4, -0.2) is 58.4 Å². The predicted octanol–water partition coefficient (Wildman–Crippen LogP) is 4.82. The van der Waals surface area contributed by atoms with Gasteiger partial charge in [0.2, 0.25) is 11.8 Å². The monoisotopic (exact) mass is 613 g/mol. The Labute approximate surface area is 256 Å². The fourth-order valence-corrected chi connectivity index (χ4v) is 7.17. The molecule has 1 fully saturated rings. The van der Waals surface area contributed by atoms with E-state index in [1.165, 1.54) is 6.42 Å². The van der Waals surface area contributed by atoms with Gasteiger partial charge in [-0.1, -0.05) is 93.1 Å². The Morgan fingerprint density at radius 3 is 2.48 bits per heavy atom. The summed E-state index contributed by atoms with van der Waals surface area (Å²) in [5.41, 5.74) is 1.55. The number of aldehydes is 1. The standard InChI is InChI=1S/C32H44ClN3O5Si/c1-23(31(39)36(2)17-16-24-10-5-3-6-11-24)18-28(21-37)34-30(38)29(20-25-12-7-4-8-13-25)42-35-32(40)41-22-26-14-9-15-27(33)19-26/h3,5-6,9-11,14-15,19,21,23,25,28-29H,4,7-8,12-13,16-18,20,22,42H2,1-2H3,(H,34,38)(H,35,40)/t23?,28-,29-/m0/s1. The quantitative estimate of drug-likeness (QED) is 0.221. The maximum atomic E-state index is 13.4. The number of hydrogen-bond donors (Lipinski definition) is 2. The van der Waals surface area contributed by atoms with Crippen LogP contribution in [-0.2, 0) is 32.1 Å². The molecule has 2 aromatic rings. The molecule has 1 unspecified atom stereocenters. The average molecular weight is 614 g/mol. The number of likely N-dealkylation sites (N-methyl/N-ethyl adjacent to an activating group) is 1. The smallest absolute Gasteiger partial charge is 0.399 e. The fraction of sp³-hybridized carbons (Fsp3) is 0.500. The molecule has 2 N–H and O–H groups in total. The van der Waals surface area contributed by atoms with Crippen molar-refractivity contribution in [2.24, 2.45) is 11.8 Å². The van der Waals surface area contributed by atoms with Crippen molar-refractivity contribution in [2.45, 2.75) is 76.5 Å². The number of nitrogens with zero attached hydrogens (tertiary/aromatic N) is 1. The highest BCUT2D eigenvalue weighted by Gasteiger charge is 2.29. The highest BCUT2D eigenvalue weighted by Crippen LogP contribution is 2.31. The van der Waals surface area contributed by atoms with Crippen LogP contribution in [0.2, 0.25) is 10.6 Å². The van der Waals surface area contributed by atoms with Gasteiger partial charge in [0.25, 0.3) is 0 Å². The molecule has 0 bridgehead atoms. The van der Waals surface area contributed by atoms with Gasteiger partial charge in [-0.05, 0) is 48.4 Å². The summed E-state index contributed by atoms with van der Waals surface area (Å²) in [5, 5.41) is 3.44. The fourth-order valence-electron chi connectivity index (χ4n) is 5.50. The molecule has 0 heterocycles. The molecule has 228 valence electrons. The lowest BCUT2D eigenvalue weighted by atomic mass is 9.86. The van der Waals surface area contributed by atoms with Crippen molar-refractivity contribution < 1.29 is 23.9 Å². The number of hydrogen-bond acceptors (Lipinski definition) is 5. The van der Waals surface area contributed by atoms with Crippen LogP contribution in [0.5, 0.6) is 0 Å². The first kappa shape index (κ1) is 33.3. The lowest BCUT2D eigenvalue weighted by Crippen LogP contribution is -2.45. The number of rotatable bonds is 15. The third kappa shape index (κ3) is 11.6. The minimum absolute atomic E-state index is 0.0655. The van der Waals surface area contributed by atoms with Gasteiger partial charge in [0.15, 0.2) is 0 Å². The maximum Gasteiger partial charge on any atom is 0.399 e. The molecular formula is C32H44ClN3O5Si. The topological polar surface area (TPSA) is 105 Å². The molecule has 1 aliphatic carbocycles. The minimum Gasteiger partial charge on any atom is -0.445 e. The molecule has 0 spiro atoms. The number of amides is 3. The van der Waals surface area contributed by atoms with Crippen molar-refractivity contribution in [1.29, 1.82) is 0 Å². The van der Waals surface area contributed by atoms with Crippen LogP contribution in [0.4, 0.5) is 4.79 Å². The van der Waals surface area contributed by atoms with Gasteiger partial charge in [-0.25, -0.2) is 4.79 Å². The Bertz CT molecular complexity index is 1160. The normalized spacial score (nSPS) is 15.9. The van der Waals surface area contributed by atoms with Gasteiger partial charge in [0, 0.05) is 30.1 Å². The first-order chi connectivity index (χ1) is 20.2. The van der Waals surface area contributed by atoms with Gasteiger partial charge in [-0.3, -0.25) is 9.59 Å². The van der Waals surface area contributed by atoms with Crippen molar-refractivity contribution in [3.05, 3.63) is 70.7 Å². The van der Waals surface area contributed by atoms with E-state index >= 15 is 0 Å². The number of ether oxygens (including phenoxy) is 1. The second kappa shape index (κ2) is 17.7. The van der Waals surface area contributed by atoms with Crippen LogP contribution in [0.15, 0.2) is 54.6 Å². The average Bonchev–Trinajstić information content (AvgIpc) is 3.01. The van der Waals surface area contributed by atoms with Crippen LogP contribution in [0.1, 0.15) is 63.0 Å². The lowest BCUT2D eigenvalue weighted by Gasteiger charge is -2.27. The molecule has 2 aromatic carbocycles. The van der Waals surface area contributed by atoms with Crippen LogP contribution in [0.3, 0.4) is 0 Å². The Morgan fingerprint density at radius 2 is 1.79 bits per heavy atom. The highest BCUT2D eigenvalue weighted by atomic mass is 35.5. The summed E-state index contributed by atoms with van der Waals surface area (Å²) in [5.74, 6) is -0.324. The van der Waals surface area contributed by atoms with Crippen LogP contribution in [0, 0.1) is 11.8 Å². The van der Waals surface area contributed by atoms with E-state index in [2.05, 4.69) is 10.3 Å². The molecule has 0 radical (unpaired) electrons. The Kier molecular flexibility index (Phi) is 14.1. The van der Waals surface area contributed by atoms with E-state index in [1.807, 2.05) is 36.4 Å². The third-order valence-corrected chi connectivity index (χ3v) is 9.87. The molecule has 1 aliphatic rings. The summed E-state index contributed by atoms with van der Waals surface area (Å²) >= 11 is 6.01. The first-order valence-corrected chi connectivity index (χ1v) is 16.8.